The van der Waals surface area contributed by atoms with Crippen LogP contribution < -0.4 is 0 Å². The molecule has 0 aliphatic rings. The first-order valence-corrected chi connectivity index (χ1v) is 0. The van der Waals surface area contributed by atoms with Crippen molar-refractivity contribution >= 4 is 92.2 Å². The number of hydrogen-bond acceptors (Lipinski definition) is 8. The molecule has 0 aromatic carbocycles. The van der Waals surface area contributed by atoms with E-state index in [4.69, 9.17) is 0 Å². The first kappa shape index (κ1) is 308. The third-order valence-corrected chi connectivity index (χ3v) is 0. The Hall–Kier alpha value is 4.17. The minimum absolute atomic E-state index is 0. The van der Waals surface area contributed by atoms with E-state index in [9.17, 15) is 0 Å². The number of rotatable bonds is 0. The van der Waals surface area contributed by atoms with E-state index in [1.165, 1.54) is 0 Å². The standard InChI is InChI=1S/4Mg.8H2O.2Ti/h;;;;8*1H2;;/q4*+2;;;;;;;;;;/p-8. The second-order valence-electron chi connectivity index (χ2n) is 0. The molecule has 0 radical (unpaired) electrons. The van der Waals surface area contributed by atoms with Gasteiger partial charge in [-0.25, -0.2) is 0 Å². The van der Waals surface area contributed by atoms with Gasteiger partial charge in [0.2, 0.25) is 0 Å². The van der Waals surface area contributed by atoms with E-state index in [-0.39, 0.29) is 179 Å². The van der Waals surface area contributed by atoms with Crippen LogP contribution in [0, 0.1) is 0 Å². The Morgan fingerprint density at radius 3 is 0.214 bits per heavy atom. The summed E-state index contributed by atoms with van der Waals surface area (Å²) in [6.07, 6.45) is 0. The maximum Gasteiger partial charge on any atom is 2.00 e. The summed E-state index contributed by atoms with van der Waals surface area (Å²) < 4.78 is 0. The molecular formula is H8Mg4O8Ti2. The average Bonchev–Trinajstić information content (AvgIpc) is 0. The summed E-state index contributed by atoms with van der Waals surface area (Å²) in [6, 6.07) is 0. The SMILES string of the molecule is [Mg+2].[Mg+2].[Mg+2].[Mg+2].[OH-].[OH-].[OH-].[OH-].[OH-].[OH-].[OH-].[OH-].[Ti].[Ti]. The van der Waals surface area contributed by atoms with Crippen LogP contribution in [0.3, 0.4) is 0 Å². The van der Waals surface area contributed by atoms with Crippen molar-refractivity contribution < 1.29 is 87.2 Å². The molecule has 0 spiro atoms. The summed E-state index contributed by atoms with van der Waals surface area (Å²) >= 11 is 0. The predicted octanol–water partition coefficient (Wildman–Crippen LogP) is -2.94. The van der Waals surface area contributed by atoms with Gasteiger partial charge in [-0.15, -0.1) is 0 Å². The van der Waals surface area contributed by atoms with Crippen LogP contribution in [0.5, 0.6) is 0 Å². The molecule has 0 atom stereocenters. The van der Waals surface area contributed by atoms with Gasteiger partial charge in [-0.3, -0.25) is 0 Å². The third kappa shape index (κ3) is 214. The van der Waals surface area contributed by atoms with E-state index in [2.05, 4.69) is 0 Å². The van der Waals surface area contributed by atoms with Crippen LogP contribution >= 0.6 is 0 Å². The summed E-state index contributed by atoms with van der Waals surface area (Å²) in [6.45, 7) is 0. The molecule has 0 aromatic rings. The second kappa shape index (κ2) is 258. The fraction of sp³-hybridized carbons (Fsp3) is 0. The summed E-state index contributed by atoms with van der Waals surface area (Å²) in [5.74, 6) is 0. The molecule has 0 unspecified atom stereocenters. The van der Waals surface area contributed by atoms with Gasteiger partial charge in [0, 0.05) is 43.4 Å². The molecule has 0 fully saturated rings. The molecular weight excluding hydrogens is 321 g/mol. The topological polar surface area (TPSA) is 240 Å². The van der Waals surface area contributed by atoms with E-state index < -0.39 is 0 Å². The third-order valence-electron chi connectivity index (χ3n) is 0. The zero-order valence-corrected chi connectivity index (χ0v) is 16.2. The molecule has 0 amide bonds. The van der Waals surface area contributed by atoms with E-state index >= 15 is 0 Å². The smallest absolute Gasteiger partial charge is 0.870 e. The van der Waals surface area contributed by atoms with Gasteiger partial charge in [-0.05, 0) is 0 Å². The molecule has 0 saturated carbocycles. The molecule has 0 heterocycles. The molecule has 0 saturated heterocycles. The van der Waals surface area contributed by atoms with Crippen LogP contribution in [-0.4, -0.2) is 136 Å². The Balaban J connectivity index is 0. The van der Waals surface area contributed by atoms with Crippen LogP contribution in [0.2, 0.25) is 0 Å². The van der Waals surface area contributed by atoms with Crippen LogP contribution in [0.1, 0.15) is 0 Å². The van der Waals surface area contributed by atoms with Crippen LogP contribution in [0.4, 0.5) is 0 Å². The Labute approximate surface area is 176 Å². The Kier molecular flexibility index (Phi) is 5670. The Morgan fingerprint density at radius 2 is 0.214 bits per heavy atom. The zero-order chi connectivity index (χ0) is 0. The van der Waals surface area contributed by atoms with Gasteiger partial charge in [0.25, 0.3) is 0 Å². The second-order valence-corrected chi connectivity index (χ2v) is 0. The predicted molar refractivity (Wildman–Crippen MR) is 38.5 cm³/mol. The maximum atomic E-state index is 0. The van der Waals surface area contributed by atoms with Crippen molar-refractivity contribution in [1.29, 1.82) is 0 Å². The minimum atomic E-state index is 0. The van der Waals surface area contributed by atoms with Gasteiger partial charge in [0.05, 0.1) is 0 Å². The van der Waals surface area contributed by atoms with Crippen molar-refractivity contribution in [3.63, 3.8) is 0 Å². The summed E-state index contributed by atoms with van der Waals surface area (Å²) in [5, 5.41) is 0. The summed E-state index contributed by atoms with van der Waals surface area (Å²) in [4.78, 5) is 0. The van der Waals surface area contributed by atoms with Crippen LogP contribution in [0.25, 0.3) is 0 Å². The molecule has 0 aliphatic heterocycles. The van der Waals surface area contributed by atoms with Gasteiger partial charge in [0.15, 0.2) is 0 Å². The van der Waals surface area contributed by atoms with E-state index in [1.807, 2.05) is 0 Å². The molecule has 14 heavy (non-hydrogen) atoms. The van der Waals surface area contributed by atoms with Crippen molar-refractivity contribution in [1.82, 2.24) is 0 Å². The van der Waals surface area contributed by atoms with Crippen molar-refractivity contribution in [3.8, 4) is 0 Å². The van der Waals surface area contributed by atoms with Crippen molar-refractivity contribution in [2.75, 3.05) is 0 Å². The zero-order valence-electron chi connectivity index (χ0n) is 7.41. The summed E-state index contributed by atoms with van der Waals surface area (Å²) in [7, 11) is 0. The monoisotopic (exact) mass is 328 g/mol. The quantitative estimate of drug-likeness (QED) is 0.415. The van der Waals surface area contributed by atoms with Gasteiger partial charge in [-0.2, -0.15) is 0 Å². The molecule has 72 valence electrons. The minimum Gasteiger partial charge on any atom is -0.870 e. The number of hydrogen-bond donors (Lipinski definition) is 0. The molecule has 8 nitrogen and oxygen atoms in total. The molecule has 0 bridgehead atoms. The first-order chi connectivity index (χ1) is 0. The van der Waals surface area contributed by atoms with Crippen molar-refractivity contribution in [2.45, 2.75) is 0 Å². The van der Waals surface area contributed by atoms with E-state index in [1.54, 1.807) is 0 Å². The van der Waals surface area contributed by atoms with Crippen LogP contribution in [0.15, 0.2) is 0 Å². The van der Waals surface area contributed by atoms with Gasteiger partial charge < -0.3 is 43.8 Å². The van der Waals surface area contributed by atoms with Crippen LogP contribution in [-0.2, 0) is 43.4 Å². The van der Waals surface area contributed by atoms with Gasteiger partial charge in [0.1, 0.15) is 0 Å². The molecule has 0 aliphatic carbocycles. The molecule has 8 N–H and O–H groups in total. The van der Waals surface area contributed by atoms with E-state index in [0.29, 0.717) is 0 Å². The Morgan fingerprint density at radius 1 is 0.214 bits per heavy atom. The van der Waals surface area contributed by atoms with Gasteiger partial charge in [-0.1, -0.05) is 0 Å². The molecule has 0 rings (SSSR count). The first-order valence-electron chi connectivity index (χ1n) is 0. The van der Waals surface area contributed by atoms with Crippen molar-refractivity contribution in [2.24, 2.45) is 0 Å². The normalized spacial score (nSPS) is 0. The van der Waals surface area contributed by atoms with E-state index in [0.717, 1.165) is 0 Å². The maximum absolute atomic E-state index is 0. The average molecular weight is 329 g/mol. The fourth-order valence-corrected chi connectivity index (χ4v) is 0. The summed E-state index contributed by atoms with van der Waals surface area (Å²) in [5.41, 5.74) is 0. The molecule has 14 heteroatoms. The fourth-order valence-electron chi connectivity index (χ4n) is 0. The molecule has 0 aromatic heterocycles. The van der Waals surface area contributed by atoms with Crippen molar-refractivity contribution in [3.05, 3.63) is 0 Å². The van der Waals surface area contributed by atoms with Gasteiger partial charge >= 0.3 is 92.2 Å². The largest absolute Gasteiger partial charge is 2.00 e. The Bertz CT molecular complexity index is 19.3.